The molecule has 0 aromatic carbocycles. The molecule has 1 aliphatic heterocycles. The molecule has 1 unspecified atom stereocenters. The smallest absolute Gasteiger partial charge is 0.323 e. The van der Waals surface area contributed by atoms with Crippen LogP contribution in [0.25, 0.3) is 0 Å². The molecule has 0 radical (unpaired) electrons. The molecule has 1 saturated heterocycles. The molecule has 104 valence electrons. The first-order chi connectivity index (χ1) is 8.86. The number of esters is 1. The van der Waals surface area contributed by atoms with Gasteiger partial charge in [-0.05, 0) is 38.1 Å². The maximum Gasteiger partial charge on any atom is 0.323 e. The van der Waals surface area contributed by atoms with Crippen LogP contribution in [0.1, 0.15) is 64.2 Å². The van der Waals surface area contributed by atoms with E-state index in [9.17, 15) is 4.79 Å². The zero-order valence-electron chi connectivity index (χ0n) is 11.5. The van der Waals surface area contributed by atoms with Crippen molar-refractivity contribution in [3.8, 4) is 0 Å². The number of rotatable bonds is 3. The molecule has 2 aliphatic rings. The summed E-state index contributed by atoms with van der Waals surface area (Å²) in [5, 5.41) is 3.31. The minimum absolute atomic E-state index is 0.0128. The van der Waals surface area contributed by atoms with Crippen LogP contribution in [0, 0.1) is 5.92 Å². The van der Waals surface area contributed by atoms with Crippen LogP contribution >= 0.6 is 0 Å². The van der Waals surface area contributed by atoms with E-state index < -0.39 is 0 Å². The molecule has 18 heavy (non-hydrogen) atoms. The van der Waals surface area contributed by atoms with Crippen molar-refractivity contribution in [2.75, 3.05) is 13.2 Å². The van der Waals surface area contributed by atoms with E-state index in [4.69, 9.17) is 4.74 Å². The molecule has 3 nitrogen and oxygen atoms in total. The Morgan fingerprint density at radius 2 is 1.61 bits per heavy atom. The van der Waals surface area contributed by atoms with Crippen molar-refractivity contribution in [1.29, 1.82) is 0 Å². The fourth-order valence-electron chi connectivity index (χ4n) is 3.06. The largest absolute Gasteiger partial charge is 0.464 e. The SMILES string of the molecule is O=C(OCC1CCCCCC1)C1CCCCCN1. The molecule has 0 spiro atoms. The lowest BCUT2D eigenvalue weighted by Crippen LogP contribution is -2.38. The second kappa shape index (κ2) is 7.78. The second-order valence-corrected chi connectivity index (χ2v) is 5.84. The molecule has 1 aliphatic carbocycles. The number of hydrogen-bond acceptors (Lipinski definition) is 3. The van der Waals surface area contributed by atoms with Gasteiger partial charge in [0.2, 0.25) is 0 Å². The maximum atomic E-state index is 12.0. The summed E-state index contributed by atoms with van der Waals surface area (Å²) in [5.74, 6) is 0.600. The van der Waals surface area contributed by atoms with Crippen LogP contribution in [0.2, 0.25) is 0 Å². The summed E-state index contributed by atoms with van der Waals surface area (Å²) in [7, 11) is 0. The van der Waals surface area contributed by atoms with E-state index >= 15 is 0 Å². The first-order valence-electron chi connectivity index (χ1n) is 7.76. The Labute approximate surface area is 111 Å². The highest BCUT2D eigenvalue weighted by molar-refractivity contribution is 5.75. The summed E-state index contributed by atoms with van der Waals surface area (Å²) in [5.41, 5.74) is 0. The lowest BCUT2D eigenvalue weighted by atomic mass is 10.0. The Bertz CT molecular complexity index is 239. The molecule has 1 atom stereocenters. The van der Waals surface area contributed by atoms with Crippen LogP contribution in [-0.4, -0.2) is 25.2 Å². The summed E-state index contributed by atoms with van der Waals surface area (Å²) >= 11 is 0. The van der Waals surface area contributed by atoms with Gasteiger partial charge in [-0.2, -0.15) is 0 Å². The predicted octanol–water partition coefficient (Wildman–Crippen LogP) is 3.03. The normalized spacial score (nSPS) is 27.2. The minimum Gasteiger partial charge on any atom is -0.464 e. The third-order valence-electron chi connectivity index (χ3n) is 4.28. The molecule has 2 rings (SSSR count). The monoisotopic (exact) mass is 253 g/mol. The molecule has 0 aromatic rings. The second-order valence-electron chi connectivity index (χ2n) is 5.84. The standard InChI is InChI=1S/C15H27NO2/c17-15(14-10-6-3-7-11-16-14)18-12-13-8-4-1-2-5-9-13/h13-14,16H,1-12H2. The Balaban J connectivity index is 1.69. The van der Waals surface area contributed by atoms with Crippen LogP contribution in [0.5, 0.6) is 0 Å². The molecule has 2 fully saturated rings. The molecule has 0 aromatic heterocycles. The van der Waals surface area contributed by atoms with Gasteiger partial charge in [0.15, 0.2) is 0 Å². The lowest BCUT2D eigenvalue weighted by Gasteiger charge is -2.18. The Morgan fingerprint density at radius 3 is 2.39 bits per heavy atom. The quantitative estimate of drug-likeness (QED) is 0.620. The zero-order chi connectivity index (χ0) is 12.6. The van der Waals surface area contributed by atoms with Crippen LogP contribution in [-0.2, 0) is 9.53 Å². The fourth-order valence-corrected chi connectivity index (χ4v) is 3.06. The molecule has 1 heterocycles. The van der Waals surface area contributed by atoms with E-state index in [0.717, 1.165) is 19.4 Å². The Kier molecular flexibility index (Phi) is 5.98. The summed E-state index contributed by atoms with van der Waals surface area (Å²) in [6.45, 7) is 1.61. The van der Waals surface area contributed by atoms with E-state index in [1.54, 1.807) is 0 Å². The Morgan fingerprint density at radius 1 is 0.944 bits per heavy atom. The van der Waals surface area contributed by atoms with Crippen molar-refractivity contribution >= 4 is 5.97 Å². The fraction of sp³-hybridized carbons (Fsp3) is 0.933. The molecular weight excluding hydrogens is 226 g/mol. The highest BCUT2D eigenvalue weighted by Crippen LogP contribution is 2.23. The number of nitrogens with one attached hydrogen (secondary N) is 1. The van der Waals surface area contributed by atoms with E-state index in [2.05, 4.69) is 5.32 Å². The molecular formula is C15H27NO2. The lowest BCUT2D eigenvalue weighted by molar-refractivity contribution is -0.147. The topological polar surface area (TPSA) is 38.3 Å². The summed E-state index contributed by atoms with van der Waals surface area (Å²) in [6, 6.07) is -0.0433. The van der Waals surface area contributed by atoms with Gasteiger partial charge in [0.25, 0.3) is 0 Å². The van der Waals surface area contributed by atoms with Crippen molar-refractivity contribution in [3.05, 3.63) is 0 Å². The van der Waals surface area contributed by atoms with Gasteiger partial charge in [-0.25, -0.2) is 0 Å². The number of hydrogen-bond donors (Lipinski definition) is 1. The highest BCUT2D eigenvalue weighted by atomic mass is 16.5. The van der Waals surface area contributed by atoms with Gasteiger partial charge in [0.1, 0.15) is 6.04 Å². The molecule has 0 amide bonds. The summed E-state index contributed by atoms with van der Waals surface area (Å²) < 4.78 is 5.53. The van der Waals surface area contributed by atoms with Gasteiger partial charge < -0.3 is 10.1 Å². The average molecular weight is 253 g/mol. The van der Waals surface area contributed by atoms with Crippen molar-refractivity contribution in [1.82, 2.24) is 5.32 Å². The predicted molar refractivity (Wildman–Crippen MR) is 72.4 cm³/mol. The molecule has 0 bridgehead atoms. The molecule has 3 heteroatoms. The van der Waals surface area contributed by atoms with Gasteiger partial charge in [0.05, 0.1) is 6.61 Å². The van der Waals surface area contributed by atoms with Gasteiger partial charge in [-0.15, -0.1) is 0 Å². The van der Waals surface area contributed by atoms with Crippen LogP contribution in [0.4, 0.5) is 0 Å². The minimum atomic E-state index is -0.0433. The summed E-state index contributed by atoms with van der Waals surface area (Å²) in [4.78, 5) is 12.0. The molecule has 1 N–H and O–H groups in total. The zero-order valence-corrected chi connectivity index (χ0v) is 11.5. The first-order valence-corrected chi connectivity index (χ1v) is 7.76. The number of carbonyl (C=O) groups excluding carboxylic acids is 1. The van der Waals surface area contributed by atoms with Crippen molar-refractivity contribution < 1.29 is 9.53 Å². The average Bonchev–Trinajstić information content (AvgIpc) is 2.80. The third-order valence-corrected chi connectivity index (χ3v) is 4.28. The van der Waals surface area contributed by atoms with Crippen molar-refractivity contribution in [2.24, 2.45) is 5.92 Å². The van der Waals surface area contributed by atoms with Gasteiger partial charge in [-0.1, -0.05) is 38.5 Å². The van der Waals surface area contributed by atoms with Gasteiger partial charge >= 0.3 is 5.97 Å². The summed E-state index contributed by atoms with van der Waals surface area (Å²) in [6.07, 6.45) is 12.3. The third kappa shape index (κ3) is 4.60. The van der Waals surface area contributed by atoms with E-state index in [1.807, 2.05) is 0 Å². The first kappa shape index (κ1) is 13.9. The highest BCUT2D eigenvalue weighted by Gasteiger charge is 2.22. The van der Waals surface area contributed by atoms with E-state index in [1.165, 1.54) is 51.4 Å². The van der Waals surface area contributed by atoms with Crippen LogP contribution < -0.4 is 5.32 Å². The van der Waals surface area contributed by atoms with Crippen molar-refractivity contribution in [3.63, 3.8) is 0 Å². The van der Waals surface area contributed by atoms with Gasteiger partial charge in [0, 0.05) is 0 Å². The Hall–Kier alpha value is -0.570. The number of ether oxygens (including phenoxy) is 1. The van der Waals surface area contributed by atoms with Crippen LogP contribution in [0.3, 0.4) is 0 Å². The van der Waals surface area contributed by atoms with Crippen LogP contribution in [0.15, 0.2) is 0 Å². The maximum absolute atomic E-state index is 12.0. The molecule has 1 saturated carbocycles. The number of carbonyl (C=O) groups is 1. The van der Waals surface area contributed by atoms with Gasteiger partial charge in [-0.3, -0.25) is 4.79 Å². The van der Waals surface area contributed by atoms with E-state index in [-0.39, 0.29) is 12.0 Å². The van der Waals surface area contributed by atoms with E-state index in [0.29, 0.717) is 12.5 Å². The van der Waals surface area contributed by atoms with Crippen molar-refractivity contribution in [2.45, 2.75) is 70.3 Å².